The van der Waals surface area contributed by atoms with Gasteiger partial charge in [0.2, 0.25) is 0 Å². The number of rotatable bonds is 6. The molecule has 0 saturated carbocycles. The van der Waals surface area contributed by atoms with Crippen molar-refractivity contribution < 1.29 is 5.11 Å². The Morgan fingerprint density at radius 2 is 1.32 bits per heavy atom. The van der Waals surface area contributed by atoms with Gasteiger partial charge in [-0.15, -0.1) is 0 Å². The van der Waals surface area contributed by atoms with Crippen LogP contribution in [0.3, 0.4) is 0 Å². The molecule has 2 heterocycles. The van der Waals surface area contributed by atoms with Gasteiger partial charge in [-0.25, -0.2) is 4.98 Å². The summed E-state index contributed by atoms with van der Waals surface area (Å²) in [4.78, 5) is 9.81. The Morgan fingerprint density at radius 3 is 2.10 bits per heavy atom. The van der Waals surface area contributed by atoms with Crippen molar-refractivity contribution in [3.8, 4) is 45.2 Å². The Kier molecular flexibility index (Phi) is 6.34. The fraction of sp³-hybridized carbons (Fsp3) is 0.0270. The highest BCUT2D eigenvalue weighted by Crippen LogP contribution is 2.39. The highest BCUT2D eigenvalue weighted by molar-refractivity contribution is 5.97. The number of imidazole rings is 1. The first-order valence-corrected chi connectivity index (χ1v) is 13.7. The predicted molar refractivity (Wildman–Crippen MR) is 166 cm³/mol. The Hall–Kier alpha value is -5.48. The number of aromatic hydroxyl groups is 1. The van der Waals surface area contributed by atoms with Crippen LogP contribution in [0.1, 0.15) is 11.1 Å². The van der Waals surface area contributed by atoms with E-state index in [1.165, 1.54) is 11.1 Å². The van der Waals surface area contributed by atoms with Gasteiger partial charge in [0, 0.05) is 23.0 Å². The lowest BCUT2D eigenvalue weighted by Crippen LogP contribution is -1.98. The van der Waals surface area contributed by atoms with E-state index >= 15 is 0 Å². The molecule has 4 heteroatoms. The molecule has 0 bridgehead atoms. The summed E-state index contributed by atoms with van der Waals surface area (Å²) in [6.45, 7) is 0. The zero-order valence-electron chi connectivity index (χ0n) is 22.4. The van der Waals surface area contributed by atoms with E-state index in [0.717, 1.165) is 45.5 Å². The number of benzene rings is 5. The standard InChI is InChI=1S/C37H27N3O/c41-35-20-8-7-18-31(35)37-39-36-32(28-14-11-15-29(25-28)33-19-9-10-21-38-33)23-27(22-26-12-3-1-4-13-26)24-34(36)40(37)30-16-5-2-6-17-30/h1-21,23-25,41H,22H2. The zero-order chi connectivity index (χ0) is 27.6. The summed E-state index contributed by atoms with van der Waals surface area (Å²) in [5, 5.41) is 10.9. The highest BCUT2D eigenvalue weighted by atomic mass is 16.3. The van der Waals surface area contributed by atoms with Gasteiger partial charge in [-0.2, -0.15) is 0 Å². The fourth-order valence-electron chi connectivity index (χ4n) is 5.45. The number of pyridine rings is 1. The minimum Gasteiger partial charge on any atom is -0.507 e. The summed E-state index contributed by atoms with van der Waals surface area (Å²) in [5.74, 6) is 0.895. The molecule has 0 radical (unpaired) electrons. The third-order valence-electron chi connectivity index (χ3n) is 7.36. The van der Waals surface area contributed by atoms with Crippen molar-refractivity contribution in [1.29, 1.82) is 0 Å². The third-order valence-corrected chi connectivity index (χ3v) is 7.36. The van der Waals surface area contributed by atoms with E-state index in [1.54, 1.807) is 6.07 Å². The average molecular weight is 530 g/mol. The monoisotopic (exact) mass is 529 g/mol. The van der Waals surface area contributed by atoms with Gasteiger partial charge < -0.3 is 5.11 Å². The van der Waals surface area contributed by atoms with Crippen LogP contribution >= 0.6 is 0 Å². The Balaban J connectivity index is 1.52. The van der Waals surface area contributed by atoms with Gasteiger partial charge in [-0.3, -0.25) is 9.55 Å². The van der Waals surface area contributed by atoms with Gasteiger partial charge in [-0.1, -0.05) is 84.9 Å². The van der Waals surface area contributed by atoms with Crippen LogP contribution in [-0.4, -0.2) is 19.6 Å². The van der Waals surface area contributed by atoms with E-state index in [9.17, 15) is 5.11 Å². The highest BCUT2D eigenvalue weighted by Gasteiger charge is 2.21. The summed E-state index contributed by atoms with van der Waals surface area (Å²) >= 11 is 0. The molecule has 0 aliphatic carbocycles. The van der Waals surface area contributed by atoms with E-state index in [1.807, 2.05) is 66.9 Å². The Morgan fingerprint density at radius 1 is 0.585 bits per heavy atom. The maximum absolute atomic E-state index is 10.9. The van der Waals surface area contributed by atoms with Crippen LogP contribution in [0.5, 0.6) is 5.75 Å². The molecular weight excluding hydrogens is 502 g/mol. The number of para-hydroxylation sites is 2. The van der Waals surface area contributed by atoms with Crippen molar-refractivity contribution in [2.24, 2.45) is 0 Å². The first-order valence-electron chi connectivity index (χ1n) is 13.7. The second-order valence-electron chi connectivity index (χ2n) is 10.1. The van der Waals surface area contributed by atoms with Gasteiger partial charge in [0.25, 0.3) is 0 Å². The van der Waals surface area contributed by atoms with E-state index in [-0.39, 0.29) is 5.75 Å². The van der Waals surface area contributed by atoms with Crippen LogP contribution in [0, 0.1) is 0 Å². The number of aromatic nitrogens is 3. The molecule has 7 rings (SSSR count). The largest absolute Gasteiger partial charge is 0.507 e. The molecule has 1 N–H and O–H groups in total. The summed E-state index contributed by atoms with van der Waals surface area (Å²) in [6.07, 6.45) is 2.61. The van der Waals surface area contributed by atoms with Gasteiger partial charge in [-0.05, 0) is 77.7 Å². The summed E-state index contributed by atoms with van der Waals surface area (Å²) in [6, 6.07) is 47.1. The number of fused-ring (bicyclic) bond motifs is 1. The fourth-order valence-corrected chi connectivity index (χ4v) is 5.45. The number of phenols is 1. The van der Waals surface area contributed by atoms with Crippen molar-refractivity contribution in [3.05, 3.63) is 157 Å². The molecule has 0 amide bonds. The van der Waals surface area contributed by atoms with Gasteiger partial charge in [0.1, 0.15) is 11.6 Å². The second-order valence-corrected chi connectivity index (χ2v) is 10.1. The summed E-state index contributed by atoms with van der Waals surface area (Å²) < 4.78 is 2.16. The average Bonchev–Trinajstić information content (AvgIpc) is 3.41. The molecule has 41 heavy (non-hydrogen) atoms. The van der Waals surface area contributed by atoms with Crippen LogP contribution in [0.15, 0.2) is 146 Å². The first kappa shape index (κ1) is 24.6. The van der Waals surface area contributed by atoms with E-state index in [4.69, 9.17) is 4.98 Å². The summed E-state index contributed by atoms with van der Waals surface area (Å²) in [5.41, 5.74) is 10.0. The van der Waals surface area contributed by atoms with Crippen molar-refractivity contribution in [2.75, 3.05) is 0 Å². The van der Waals surface area contributed by atoms with E-state index < -0.39 is 0 Å². The van der Waals surface area contributed by atoms with Crippen LogP contribution < -0.4 is 0 Å². The molecule has 0 aliphatic rings. The van der Waals surface area contributed by atoms with Gasteiger partial charge >= 0.3 is 0 Å². The second kappa shape index (κ2) is 10.6. The maximum atomic E-state index is 10.9. The molecule has 0 atom stereocenters. The molecule has 0 aliphatic heterocycles. The van der Waals surface area contributed by atoms with Crippen LogP contribution in [0.4, 0.5) is 0 Å². The Bertz CT molecular complexity index is 1960. The Labute approximate surface area is 238 Å². The quantitative estimate of drug-likeness (QED) is 0.234. The number of nitrogens with zero attached hydrogens (tertiary/aromatic N) is 3. The molecule has 196 valence electrons. The van der Waals surface area contributed by atoms with Gasteiger partial charge in [0.15, 0.2) is 0 Å². The topological polar surface area (TPSA) is 50.9 Å². The van der Waals surface area contributed by atoms with E-state index in [0.29, 0.717) is 11.4 Å². The third kappa shape index (κ3) is 4.77. The molecule has 0 unspecified atom stereocenters. The number of hydrogen-bond donors (Lipinski definition) is 1. The lowest BCUT2D eigenvalue weighted by atomic mass is 9.96. The minimum absolute atomic E-state index is 0.197. The number of hydrogen-bond acceptors (Lipinski definition) is 3. The summed E-state index contributed by atoms with van der Waals surface area (Å²) in [7, 11) is 0. The lowest BCUT2D eigenvalue weighted by Gasteiger charge is -2.13. The molecule has 7 aromatic rings. The molecule has 0 saturated heterocycles. The molecule has 5 aromatic carbocycles. The van der Waals surface area contributed by atoms with Gasteiger partial charge in [0.05, 0.1) is 22.3 Å². The predicted octanol–water partition coefficient (Wildman–Crippen LogP) is 8.72. The SMILES string of the molecule is Oc1ccccc1-c1nc2c(-c3cccc(-c4ccccn4)c3)cc(Cc3ccccc3)cc2n1-c1ccccc1. The lowest BCUT2D eigenvalue weighted by molar-refractivity contribution is 0.477. The first-order chi connectivity index (χ1) is 20.2. The normalized spacial score (nSPS) is 11.1. The van der Waals surface area contributed by atoms with Crippen LogP contribution in [0.2, 0.25) is 0 Å². The molecule has 0 fully saturated rings. The smallest absolute Gasteiger partial charge is 0.149 e. The maximum Gasteiger partial charge on any atom is 0.149 e. The number of phenolic OH excluding ortho intramolecular Hbond substituents is 1. The van der Waals surface area contributed by atoms with Crippen LogP contribution in [0.25, 0.3) is 50.5 Å². The molecular formula is C37H27N3O. The van der Waals surface area contributed by atoms with Crippen LogP contribution in [-0.2, 0) is 6.42 Å². The zero-order valence-corrected chi connectivity index (χ0v) is 22.4. The van der Waals surface area contributed by atoms with Crippen molar-refractivity contribution >= 4 is 11.0 Å². The van der Waals surface area contributed by atoms with E-state index in [2.05, 4.69) is 82.3 Å². The molecule has 0 spiro atoms. The van der Waals surface area contributed by atoms with Crippen molar-refractivity contribution in [3.63, 3.8) is 0 Å². The van der Waals surface area contributed by atoms with Crippen molar-refractivity contribution in [2.45, 2.75) is 6.42 Å². The molecule has 4 nitrogen and oxygen atoms in total. The molecule has 2 aromatic heterocycles. The minimum atomic E-state index is 0.197. The van der Waals surface area contributed by atoms with Crippen molar-refractivity contribution in [1.82, 2.24) is 14.5 Å².